The predicted octanol–water partition coefficient (Wildman–Crippen LogP) is 2.08. The van der Waals surface area contributed by atoms with Gasteiger partial charge in [-0.15, -0.1) is 0 Å². The van der Waals surface area contributed by atoms with Crippen molar-refractivity contribution in [3.8, 4) is 0 Å². The molecule has 1 aromatic carbocycles. The molecule has 2 rings (SSSR count). The van der Waals surface area contributed by atoms with Crippen LogP contribution >= 0.6 is 0 Å². The molecule has 0 aliphatic carbocycles. The van der Waals surface area contributed by atoms with Crippen LogP contribution in [0.4, 0.5) is 5.69 Å². The summed E-state index contributed by atoms with van der Waals surface area (Å²) < 4.78 is 31.0. The third-order valence-corrected chi connectivity index (χ3v) is 4.53. The lowest BCUT2D eigenvalue weighted by Gasteiger charge is -2.24. The molecule has 0 fully saturated rings. The van der Waals surface area contributed by atoms with Crippen LogP contribution in [0.1, 0.15) is 27.2 Å². The quantitative estimate of drug-likeness (QED) is 0.801. The topological polar surface area (TPSA) is 76.0 Å². The van der Waals surface area contributed by atoms with E-state index in [0.717, 1.165) is 4.31 Å². The number of fused-ring (bicyclic) bond motifs is 1. The molecule has 1 aliphatic heterocycles. The lowest BCUT2D eigenvalue weighted by Crippen LogP contribution is -2.35. The fourth-order valence-electron chi connectivity index (χ4n) is 1.87. The number of sulfonamides is 1. The molecule has 1 heterocycles. The second kappa shape index (κ2) is 5.48. The van der Waals surface area contributed by atoms with Crippen LogP contribution in [0.25, 0.3) is 0 Å². The Morgan fingerprint density at radius 3 is 2.62 bits per heavy atom. The normalized spacial score (nSPS) is 16.4. The Hall–Kier alpha value is -1.89. The first-order valence-electron chi connectivity index (χ1n) is 6.57. The molecule has 0 N–H and O–H groups in total. The number of rotatable bonds is 3. The summed E-state index contributed by atoms with van der Waals surface area (Å²) in [5.74, 6) is -0.440. The highest BCUT2D eigenvalue weighted by Gasteiger charge is 2.29. The monoisotopic (exact) mass is 310 g/mol. The lowest BCUT2D eigenvalue weighted by atomic mass is 10.2. The summed E-state index contributed by atoms with van der Waals surface area (Å²) in [5.41, 5.74) is -0.176. The number of ether oxygens (including phenoxy) is 1. The summed E-state index contributed by atoms with van der Waals surface area (Å²) in [6, 6.07) is 6.50. The van der Waals surface area contributed by atoms with Crippen LogP contribution in [0.5, 0.6) is 0 Å². The minimum atomic E-state index is -3.65. The first kappa shape index (κ1) is 15.5. The van der Waals surface area contributed by atoms with E-state index < -0.39 is 21.6 Å². The van der Waals surface area contributed by atoms with Crippen molar-refractivity contribution in [3.05, 3.63) is 24.3 Å². The van der Waals surface area contributed by atoms with Crippen molar-refractivity contribution in [2.24, 2.45) is 4.99 Å². The number of nitrogens with zero attached hydrogens (tertiary/aromatic N) is 2. The molecule has 1 aromatic rings. The van der Waals surface area contributed by atoms with E-state index in [-0.39, 0.29) is 17.9 Å². The molecule has 0 bridgehead atoms. The Bertz CT molecular complexity index is 674. The number of carbonyl (C=O) groups is 1. The first-order chi connectivity index (χ1) is 9.70. The maximum Gasteiger partial charge on any atom is 0.308 e. The van der Waals surface area contributed by atoms with Crippen molar-refractivity contribution in [3.63, 3.8) is 0 Å². The van der Waals surface area contributed by atoms with Gasteiger partial charge in [0.1, 0.15) is 16.8 Å². The zero-order valence-electron chi connectivity index (χ0n) is 12.2. The third kappa shape index (κ3) is 3.60. The average molecular weight is 310 g/mol. The average Bonchev–Trinajstić information content (AvgIpc) is 2.36. The maximum absolute atomic E-state index is 12.4. The fraction of sp³-hybridized carbons (Fsp3) is 0.429. The Kier molecular flexibility index (Phi) is 4.04. The van der Waals surface area contributed by atoms with Gasteiger partial charge in [0.05, 0.1) is 12.1 Å². The van der Waals surface area contributed by atoms with E-state index in [4.69, 9.17) is 4.74 Å². The third-order valence-electron chi connectivity index (χ3n) is 2.73. The molecule has 0 radical (unpaired) electrons. The Morgan fingerprint density at radius 2 is 1.95 bits per heavy atom. The van der Waals surface area contributed by atoms with Crippen LogP contribution in [0.3, 0.4) is 0 Å². The Balaban J connectivity index is 2.09. The highest BCUT2D eigenvalue weighted by atomic mass is 32.2. The molecular formula is C14H18N2O4S. The molecular weight excluding hydrogens is 292 g/mol. The van der Waals surface area contributed by atoms with Gasteiger partial charge in [-0.1, -0.05) is 12.1 Å². The second-order valence-corrected chi connectivity index (χ2v) is 7.52. The first-order valence-corrected chi connectivity index (χ1v) is 8.01. The van der Waals surface area contributed by atoms with E-state index in [9.17, 15) is 13.2 Å². The maximum atomic E-state index is 12.4. The summed E-state index contributed by atoms with van der Waals surface area (Å²) in [6.45, 7) is 5.30. The van der Waals surface area contributed by atoms with Gasteiger partial charge < -0.3 is 4.74 Å². The predicted molar refractivity (Wildman–Crippen MR) is 78.9 cm³/mol. The van der Waals surface area contributed by atoms with Gasteiger partial charge in [-0.25, -0.2) is 13.4 Å². The van der Waals surface area contributed by atoms with E-state index in [1.807, 2.05) is 0 Å². The van der Waals surface area contributed by atoms with Gasteiger partial charge in [-0.05, 0) is 32.9 Å². The SMILES string of the molecule is CC(C)(C)OC(=O)CCN1C=Nc2ccccc2S1(=O)=O. The fourth-order valence-corrected chi connectivity index (χ4v) is 3.26. The van der Waals surface area contributed by atoms with Crippen LogP contribution in [-0.4, -0.2) is 37.2 Å². The number of benzene rings is 1. The van der Waals surface area contributed by atoms with Crippen LogP contribution in [-0.2, 0) is 19.6 Å². The smallest absolute Gasteiger partial charge is 0.308 e. The molecule has 6 nitrogen and oxygen atoms in total. The van der Waals surface area contributed by atoms with Crippen LogP contribution in [0.2, 0.25) is 0 Å². The Labute approximate surface area is 124 Å². The highest BCUT2D eigenvalue weighted by molar-refractivity contribution is 7.89. The molecule has 0 unspecified atom stereocenters. The van der Waals surface area contributed by atoms with Gasteiger partial charge in [0, 0.05) is 6.54 Å². The molecule has 0 aromatic heterocycles. The van der Waals surface area contributed by atoms with Crippen molar-refractivity contribution in [2.45, 2.75) is 37.7 Å². The number of esters is 1. The molecule has 114 valence electrons. The van der Waals surface area contributed by atoms with Gasteiger partial charge in [0.2, 0.25) is 0 Å². The summed E-state index contributed by atoms with van der Waals surface area (Å²) in [5, 5.41) is 0. The van der Waals surface area contributed by atoms with E-state index >= 15 is 0 Å². The van der Waals surface area contributed by atoms with E-state index in [0.29, 0.717) is 5.69 Å². The molecule has 0 spiro atoms. The highest BCUT2D eigenvalue weighted by Crippen LogP contribution is 2.29. The molecule has 0 atom stereocenters. The minimum absolute atomic E-state index is 0.00901. The number of carbonyl (C=O) groups excluding carboxylic acids is 1. The summed E-state index contributed by atoms with van der Waals surface area (Å²) in [6.07, 6.45) is 1.22. The number of hydrogen-bond donors (Lipinski definition) is 0. The van der Waals surface area contributed by atoms with Gasteiger partial charge in [0.15, 0.2) is 0 Å². The van der Waals surface area contributed by atoms with Gasteiger partial charge in [-0.2, -0.15) is 0 Å². The summed E-state index contributed by atoms with van der Waals surface area (Å²) >= 11 is 0. The van der Waals surface area contributed by atoms with E-state index in [2.05, 4.69) is 4.99 Å². The lowest BCUT2D eigenvalue weighted by molar-refractivity contribution is -0.154. The zero-order chi connectivity index (χ0) is 15.7. The molecule has 7 heteroatoms. The minimum Gasteiger partial charge on any atom is -0.460 e. The Morgan fingerprint density at radius 1 is 1.29 bits per heavy atom. The van der Waals surface area contributed by atoms with Crippen molar-refractivity contribution >= 4 is 28.0 Å². The van der Waals surface area contributed by atoms with Gasteiger partial charge >= 0.3 is 5.97 Å². The standard InChI is InChI=1S/C14H18N2O4S/c1-14(2,3)20-13(17)8-9-16-10-15-11-6-4-5-7-12(11)21(16,18)19/h4-7,10H,8-9H2,1-3H3. The summed E-state index contributed by atoms with van der Waals surface area (Å²) in [7, 11) is -3.65. The summed E-state index contributed by atoms with van der Waals surface area (Å²) in [4.78, 5) is 15.9. The van der Waals surface area contributed by atoms with Crippen LogP contribution in [0, 0.1) is 0 Å². The molecule has 0 saturated carbocycles. The number of hydrogen-bond acceptors (Lipinski definition) is 5. The van der Waals surface area contributed by atoms with Gasteiger partial charge in [-0.3, -0.25) is 9.10 Å². The molecule has 1 aliphatic rings. The van der Waals surface area contributed by atoms with E-state index in [1.165, 1.54) is 12.4 Å². The number of para-hydroxylation sites is 1. The molecule has 21 heavy (non-hydrogen) atoms. The van der Waals surface area contributed by atoms with Crippen molar-refractivity contribution in [1.29, 1.82) is 0 Å². The molecule has 0 amide bonds. The molecule has 0 saturated heterocycles. The van der Waals surface area contributed by atoms with Gasteiger partial charge in [0.25, 0.3) is 10.0 Å². The van der Waals surface area contributed by atoms with E-state index in [1.54, 1.807) is 39.0 Å². The van der Waals surface area contributed by atoms with Crippen molar-refractivity contribution in [2.75, 3.05) is 6.54 Å². The largest absolute Gasteiger partial charge is 0.460 e. The van der Waals surface area contributed by atoms with Crippen LogP contribution in [0.15, 0.2) is 34.2 Å². The van der Waals surface area contributed by atoms with Crippen LogP contribution < -0.4 is 0 Å². The zero-order valence-corrected chi connectivity index (χ0v) is 13.1. The van der Waals surface area contributed by atoms with Crippen molar-refractivity contribution < 1.29 is 17.9 Å². The second-order valence-electron chi connectivity index (χ2n) is 5.66. The van der Waals surface area contributed by atoms with Crippen molar-refractivity contribution in [1.82, 2.24) is 4.31 Å². The number of aliphatic imine (C=N–C) groups is 1.